The van der Waals surface area contributed by atoms with E-state index in [2.05, 4.69) is 5.10 Å². The van der Waals surface area contributed by atoms with Crippen LogP contribution in [0.2, 0.25) is 0 Å². The van der Waals surface area contributed by atoms with Gasteiger partial charge in [0.25, 0.3) is 0 Å². The van der Waals surface area contributed by atoms with E-state index in [0.717, 1.165) is 0 Å². The molecule has 0 fully saturated rings. The minimum absolute atomic E-state index is 0.256. The fourth-order valence-corrected chi connectivity index (χ4v) is 1.81. The largest absolute Gasteiger partial charge is 0.497 e. The van der Waals surface area contributed by atoms with Crippen LogP contribution in [0.15, 0.2) is 24.4 Å². The molecule has 0 saturated heterocycles. The van der Waals surface area contributed by atoms with Gasteiger partial charge >= 0.3 is 0 Å². The first kappa shape index (κ1) is 12.9. The summed E-state index contributed by atoms with van der Waals surface area (Å²) in [5, 5.41) is 4.01. The number of ether oxygens (including phenoxy) is 2. The highest BCUT2D eigenvalue weighted by molar-refractivity contribution is 6.12. The summed E-state index contributed by atoms with van der Waals surface area (Å²) in [6.45, 7) is 0. The van der Waals surface area contributed by atoms with Gasteiger partial charge in [-0.05, 0) is 18.2 Å². The molecular weight excluding hydrogens is 246 g/mol. The van der Waals surface area contributed by atoms with E-state index >= 15 is 0 Å². The summed E-state index contributed by atoms with van der Waals surface area (Å²) >= 11 is 0. The predicted molar refractivity (Wildman–Crippen MR) is 70.6 cm³/mol. The number of rotatable bonds is 4. The maximum absolute atomic E-state index is 12.5. The number of nitrogens with two attached hydrogens (primary N) is 1. The Morgan fingerprint density at radius 3 is 2.68 bits per heavy atom. The standard InChI is InChI=1S/C13H15N3O3/c1-16-12(11(19-3)7-15-16)13(17)9-6-8(18-2)4-5-10(9)14/h4-7H,14H2,1-3H3. The topological polar surface area (TPSA) is 79.4 Å². The lowest BCUT2D eigenvalue weighted by molar-refractivity contribution is 0.102. The van der Waals surface area contributed by atoms with Gasteiger partial charge < -0.3 is 15.2 Å². The zero-order chi connectivity index (χ0) is 14.0. The molecule has 0 amide bonds. The van der Waals surface area contributed by atoms with Gasteiger partial charge in [-0.15, -0.1) is 0 Å². The lowest BCUT2D eigenvalue weighted by Crippen LogP contribution is -2.12. The van der Waals surface area contributed by atoms with Gasteiger partial charge in [0.15, 0.2) is 11.4 Å². The number of aromatic nitrogens is 2. The molecule has 2 aromatic rings. The maximum Gasteiger partial charge on any atom is 0.217 e. The lowest BCUT2D eigenvalue weighted by atomic mass is 10.1. The highest BCUT2D eigenvalue weighted by Crippen LogP contribution is 2.26. The number of nitrogens with zero attached hydrogens (tertiary/aromatic N) is 2. The number of methoxy groups -OCH3 is 2. The van der Waals surface area contributed by atoms with Crippen molar-refractivity contribution in [3.8, 4) is 11.5 Å². The molecule has 19 heavy (non-hydrogen) atoms. The molecule has 1 aromatic carbocycles. The Hall–Kier alpha value is -2.50. The van der Waals surface area contributed by atoms with Crippen molar-refractivity contribution in [2.45, 2.75) is 0 Å². The third-order valence-electron chi connectivity index (χ3n) is 2.85. The van der Waals surface area contributed by atoms with E-state index in [-0.39, 0.29) is 5.78 Å². The van der Waals surface area contributed by atoms with Gasteiger partial charge in [0.05, 0.1) is 26.0 Å². The molecule has 0 spiro atoms. The summed E-state index contributed by atoms with van der Waals surface area (Å²) in [5.41, 5.74) is 6.94. The number of benzene rings is 1. The SMILES string of the molecule is COc1ccc(N)c(C(=O)c2c(OC)cnn2C)c1. The zero-order valence-electron chi connectivity index (χ0n) is 11.0. The second kappa shape index (κ2) is 5.01. The molecule has 0 aliphatic carbocycles. The molecule has 0 radical (unpaired) electrons. The molecule has 1 heterocycles. The number of carbonyl (C=O) groups excluding carboxylic acids is 1. The Bertz CT molecular complexity index is 620. The van der Waals surface area contributed by atoms with Crippen LogP contribution < -0.4 is 15.2 Å². The molecule has 2 rings (SSSR count). The van der Waals surface area contributed by atoms with Crippen molar-refractivity contribution in [2.24, 2.45) is 7.05 Å². The van der Waals surface area contributed by atoms with E-state index in [1.165, 1.54) is 25.1 Å². The Morgan fingerprint density at radius 2 is 2.05 bits per heavy atom. The van der Waals surface area contributed by atoms with Crippen molar-refractivity contribution < 1.29 is 14.3 Å². The van der Waals surface area contributed by atoms with Crippen molar-refractivity contribution >= 4 is 11.5 Å². The molecular formula is C13H15N3O3. The Balaban J connectivity index is 2.52. The molecule has 0 unspecified atom stereocenters. The average Bonchev–Trinajstić information content (AvgIpc) is 2.79. The van der Waals surface area contributed by atoms with E-state index in [0.29, 0.717) is 28.4 Å². The van der Waals surface area contributed by atoms with Gasteiger partial charge in [-0.25, -0.2) is 0 Å². The van der Waals surface area contributed by atoms with E-state index < -0.39 is 0 Å². The summed E-state index contributed by atoms with van der Waals surface area (Å²) in [7, 11) is 4.69. The molecule has 0 saturated carbocycles. The molecule has 100 valence electrons. The van der Waals surface area contributed by atoms with Crippen molar-refractivity contribution in [2.75, 3.05) is 20.0 Å². The van der Waals surface area contributed by atoms with Gasteiger partial charge in [0, 0.05) is 12.7 Å². The minimum atomic E-state index is -0.256. The third-order valence-corrected chi connectivity index (χ3v) is 2.85. The van der Waals surface area contributed by atoms with Crippen molar-refractivity contribution in [1.82, 2.24) is 9.78 Å². The number of anilines is 1. The number of aryl methyl sites for hydroxylation is 1. The normalized spacial score (nSPS) is 10.3. The van der Waals surface area contributed by atoms with Gasteiger partial charge in [-0.1, -0.05) is 0 Å². The second-order valence-electron chi connectivity index (χ2n) is 3.97. The van der Waals surface area contributed by atoms with Crippen molar-refractivity contribution in [3.05, 3.63) is 35.7 Å². The fourth-order valence-electron chi connectivity index (χ4n) is 1.81. The Kier molecular flexibility index (Phi) is 3.41. The van der Waals surface area contributed by atoms with Crippen molar-refractivity contribution in [3.63, 3.8) is 0 Å². The molecule has 0 bridgehead atoms. The van der Waals surface area contributed by atoms with E-state index in [4.69, 9.17) is 15.2 Å². The lowest BCUT2D eigenvalue weighted by Gasteiger charge is -2.09. The molecule has 1 aromatic heterocycles. The number of hydrogen-bond acceptors (Lipinski definition) is 5. The quantitative estimate of drug-likeness (QED) is 0.662. The maximum atomic E-state index is 12.5. The Morgan fingerprint density at radius 1 is 1.32 bits per heavy atom. The molecule has 2 N–H and O–H groups in total. The summed E-state index contributed by atoms with van der Waals surface area (Å²) in [5.74, 6) is 0.724. The highest BCUT2D eigenvalue weighted by Gasteiger charge is 2.21. The predicted octanol–water partition coefficient (Wildman–Crippen LogP) is 1.25. The van der Waals surface area contributed by atoms with Gasteiger partial charge in [0.1, 0.15) is 5.75 Å². The van der Waals surface area contributed by atoms with Crippen LogP contribution >= 0.6 is 0 Å². The second-order valence-corrected chi connectivity index (χ2v) is 3.97. The van der Waals surface area contributed by atoms with Gasteiger partial charge in [0.2, 0.25) is 5.78 Å². The van der Waals surface area contributed by atoms with Gasteiger partial charge in [-0.3, -0.25) is 9.48 Å². The molecule has 0 atom stereocenters. The van der Waals surface area contributed by atoms with Crippen molar-refractivity contribution in [1.29, 1.82) is 0 Å². The fraction of sp³-hybridized carbons (Fsp3) is 0.231. The van der Waals surface area contributed by atoms with Crippen LogP contribution in [-0.2, 0) is 7.05 Å². The van der Waals surface area contributed by atoms with Crippen LogP contribution in [0.25, 0.3) is 0 Å². The number of nitrogen functional groups attached to an aromatic ring is 1. The van der Waals surface area contributed by atoms with Crippen LogP contribution in [-0.4, -0.2) is 29.8 Å². The van der Waals surface area contributed by atoms with Crippen LogP contribution in [0.1, 0.15) is 16.1 Å². The van der Waals surface area contributed by atoms with Crippen LogP contribution in [0, 0.1) is 0 Å². The number of ketones is 1. The van der Waals surface area contributed by atoms with Crippen LogP contribution in [0.5, 0.6) is 11.5 Å². The molecule has 6 nitrogen and oxygen atoms in total. The summed E-state index contributed by atoms with van der Waals surface area (Å²) in [6, 6.07) is 4.94. The molecule has 6 heteroatoms. The zero-order valence-corrected chi connectivity index (χ0v) is 11.0. The van der Waals surface area contributed by atoms with Crippen LogP contribution in [0.3, 0.4) is 0 Å². The highest BCUT2D eigenvalue weighted by atomic mass is 16.5. The first-order valence-corrected chi connectivity index (χ1v) is 5.62. The monoisotopic (exact) mass is 261 g/mol. The summed E-state index contributed by atoms with van der Waals surface area (Å²) in [6.07, 6.45) is 1.49. The number of hydrogen-bond donors (Lipinski definition) is 1. The summed E-state index contributed by atoms with van der Waals surface area (Å²) < 4.78 is 11.7. The average molecular weight is 261 g/mol. The first-order valence-electron chi connectivity index (χ1n) is 5.62. The number of carbonyl (C=O) groups is 1. The van der Waals surface area contributed by atoms with E-state index in [1.807, 2.05) is 0 Å². The van der Waals surface area contributed by atoms with E-state index in [9.17, 15) is 4.79 Å². The Labute approximate surface area is 110 Å². The van der Waals surface area contributed by atoms with Crippen LogP contribution in [0.4, 0.5) is 5.69 Å². The molecule has 0 aliphatic rings. The smallest absolute Gasteiger partial charge is 0.217 e. The third kappa shape index (κ3) is 2.24. The molecule has 0 aliphatic heterocycles. The minimum Gasteiger partial charge on any atom is -0.497 e. The van der Waals surface area contributed by atoms with E-state index in [1.54, 1.807) is 25.2 Å². The summed E-state index contributed by atoms with van der Waals surface area (Å²) in [4.78, 5) is 12.5. The first-order chi connectivity index (χ1) is 9.08. The van der Waals surface area contributed by atoms with Gasteiger partial charge in [-0.2, -0.15) is 5.10 Å².